The minimum Gasteiger partial charge on any atom is -0.478 e. The van der Waals surface area contributed by atoms with E-state index in [1.807, 2.05) is 0 Å². The second-order valence-corrected chi connectivity index (χ2v) is 6.01. The molecule has 0 aliphatic carbocycles. The summed E-state index contributed by atoms with van der Waals surface area (Å²) in [6.07, 6.45) is 0. The fourth-order valence-corrected chi connectivity index (χ4v) is 2.80. The Kier molecular flexibility index (Phi) is 3.92. The van der Waals surface area contributed by atoms with E-state index in [1.165, 1.54) is 14.0 Å². The highest BCUT2D eigenvalue weighted by atomic mass is 32.2. The summed E-state index contributed by atoms with van der Waals surface area (Å²) in [6, 6.07) is 0. The van der Waals surface area contributed by atoms with Crippen LogP contribution in [0.25, 0.3) is 0 Å². The van der Waals surface area contributed by atoms with Crippen molar-refractivity contribution in [3.63, 3.8) is 0 Å². The van der Waals surface area contributed by atoms with Crippen molar-refractivity contribution in [2.75, 3.05) is 13.6 Å². The van der Waals surface area contributed by atoms with E-state index in [0.717, 1.165) is 4.31 Å². The lowest BCUT2D eigenvalue weighted by molar-refractivity contribution is 0.0691. The van der Waals surface area contributed by atoms with E-state index in [-0.39, 0.29) is 17.8 Å². The van der Waals surface area contributed by atoms with Gasteiger partial charge in [-0.3, -0.25) is 5.10 Å². The minimum absolute atomic E-state index is 0.104. The Labute approximate surface area is 105 Å². The van der Waals surface area contributed by atoms with Crippen molar-refractivity contribution >= 4 is 16.0 Å². The highest BCUT2D eigenvalue weighted by Gasteiger charge is 2.31. The topological polar surface area (TPSA) is 103 Å². The number of aromatic nitrogens is 2. The van der Waals surface area contributed by atoms with Crippen molar-refractivity contribution in [3.8, 4) is 0 Å². The van der Waals surface area contributed by atoms with Crippen molar-refractivity contribution in [3.05, 3.63) is 23.4 Å². The molecule has 0 aliphatic rings. The summed E-state index contributed by atoms with van der Waals surface area (Å²) >= 11 is 0. The first-order valence-electron chi connectivity index (χ1n) is 5.07. The molecule has 7 nitrogen and oxygen atoms in total. The number of H-pyrrole nitrogens is 1. The van der Waals surface area contributed by atoms with Crippen molar-refractivity contribution in [1.29, 1.82) is 0 Å². The molecule has 0 aliphatic heterocycles. The molecule has 1 rings (SSSR count). The average molecular weight is 273 g/mol. The number of hydrogen-bond donors (Lipinski definition) is 2. The first kappa shape index (κ1) is 14.4. The SMILES string of the molecule is C=C(C)CN(C)S(=O)(=O)c1n[nH]c(C)c1C(=O)O. The zero-order valence-electron chi connectivity index (χ0n) is 10.4. The third-order valence-electron chi connectivity index (χ3n) is 2.28. The predicted octanol–water partition coefficient (Wildman–Crippen LogP) is 0.613. The molecule has 0 atom stereocenters. The summed E-state index contributed by atoms with van der Waals surface area (Å²) in [6.45, 7) is 6.85. The second kappa shape index (κ2) is 4.91. The second-order valence-electron chi connectivity index (χ2n) is 4.05. The van der Waals surface area contributed by atoms with Crippen LogP contribution in [-0.2, 0) is 10.0 Å². The molecule has 0 radical (unpaired) electrons. The maximum Gasteiger partial charge on any atom is 0.340 e. The van der Waals surface area contributed by atoms with Crippen LogP contribution in [0.15, 0.2) is 17.2 Å². The van der Waals surface area contributed by atoms with Gasteiger partial charge >= 0.3 is 5.97 Å². The third-order valence-corrected chi connectivity index (χ3v) is 4.01. The van der Waals surface area contributed by atoms with Crippen molar-refractivity contribution in [2.24, 2.45) is 0 Å². The Balaban J connectivity index is 3.29. The van der Waals surface area contributed by atoms with Gasteiger partial charge in [0.2, 0.25) is 5.03 Å². The molecule has 0 saturated heterocycles. The fourth-order valence-electron chi connectivity index (χ4n) is 1.46. The summed E-state index contributed by atoms with van der Waals surface area (Å²) < 4.78 is 25.3. The molecule has 8 heteroatoms. The summed E-state index contributed by atoms with van der Waals surface area (Å²) in [7, 11) is -2.59. The molecular formula is C10H15N3O4S. The fraction of sp³-hybridized carbons (Fsp3) is 0.400. The molecule has 1 aromatic heterocycles. The Hall–Kier alpha value is -1.67. The van der Waals surface area contributed by atoms with Crippen LogP contribution in [0.3, 0.4) is 0 Å². The molecule has 0 unspecified atom stereocenters. The molecule has 18 heavy (non-hydrogen) atoms. The monoisotopic (exact) mass is 273 g/mol. The van der Waals surface area contributed by atoms with E-state index in [0.29, 0.717) is 5.57 Å². The van der Waals surface area contributed by atoms with Crippen LogP contribution in [0.2, 0.25) is 0 Å². The average Bonchev–Trinajstić information content (AvgIpc) is 2.59. The number of aryl methyl sites for hydroxylation is 1. The lowest BCUT2D eigenvalue weighted by Crippen LogP contribution is -2.29. The highest BCUT2D eigenvalue weighted by Crippen LogP contribution is 2.19. The maximum absolute atomic E-state index is 12.1. The van der Waals surface area contributed by atoms with Gasteiger partial charge in [-0.15, -0.1) is 0 Å². The van der Waals surface area contributed by atoms with Gasteiger partial charge in [-0.2, -0.15) is 9.40 Å². The quantitative estimate of drug-likeness (QED) is 0.765. The standard InChI is InChI=1S/C10H15N3O4S/c1-6(2)5-13(4)18(16,17)9-8(10(14)15)7(3)11-12-9/h1,5H2,2-4H3,(H,11,12)(H,14,15). The molecular weight excluding hydrogens is 258 g/mol. The first-order valence-corrected chi connectivity index (χ1v) is 6.51. The Morgan fingerprint density at radius 2 is 2.11 bits per heavy atom. The summed E-state index contributed by atoms with van der Waals surface area (Å²) in [5.41, 5.74) is 0.513. The molecule has 0 amide bonds. The number of sulfonamides is 1. The Morgan fingerprint density at radius 1 is 1.56 bits per heavy atom. The van der Waals surface area contributed by atoms with Crippen molar-refractivity contribution in [2.45, 2.75) is 18.9 Å². The number of likely N-dealkylation sites (N-methyl/N-ethyl adjacent to an activating group) is 1. The van der Waals surface area contributed by atoms with Crippen LogP contribution in [0.5, 0.6) is 0 Å². The Morgan fingerprint density at radius 3 is 2.56 bits per heavy atom. The van der Waals surface area contributed by atoms with Crippen molar-refractivity contribution in [1.82, 2.24) is 14.5 Å². The van der Waals surface area contributed by atoms with Crippen LogP contribution >= 0.6 is 0 Å². The van der Waals surface area contributed by atoms with Crippen LogP contribution in [0.4, 0.5) is 0 Å². The van der Waals surface area contributed by atoms with Gasteiger partial charge in [0, 0.05) is 19.3 Å². The van der Waals surface area contributed by atoms with Gasteiger partial charge in [0.1, 0.15) is 5.56 Å². The summed E-state index contributed by atoms with van der Waals surface area (Å²) in [5, 5.41) is 14.5. The van der Waals surface area contributed by atoms with Crippen LogP contribution in [0, 0.1) is 6.92 Å². The number of hydrogen-bond acceptors (Lipinski definition) is 4. The molecule has 0 spiro atoms. The molecule has 0 saturated carbocycles. The van der Waals surface area contributed by atoms with Gasteiger partial charge < -0.3 is 5.11 Å². The number of aromatic carboxylic acids is 1. The van der Waals surface area contributed by atoms with E-state index >= 15 is 0 Å². The molecule has 2 N–H and O–H groups in total. The smallest absolute Gasteiger partial charge is 0.340 e. The largest absolute Gasteiger partial charge is 0.478 e. The summed E-state index contributed by atoms with van der Waals surface area (Å²) in [4.78, 5) is 11.0. The van der Waals surface area contributed by atoms with Gasteiger partial charge in [-0.05, 0) is 13.8 Å². The maximum atomic E-state index is 12.1. The molecule has 0 aromatic carbocycles. The first-order chi connectivity index (χ1) is 8.17. The number of carboxylic acid groups (broad SMARTS) is 1. The normalized spacial score (nSPS) is 11.8. The minimum atomic E-state index is -3.94. The molecule has 1 heterocycles. The third kappa shape index (κ3) is 2.59. The molecule has 1 aromatic rings. The zero-order valence-corrected chi connectivity index (χ0v) is 11.2. The highest BCUT2D eigenvalue weighted by molar-refractivity contribution is 7.89. The molecule has 100 valence electrons. The van der Waals surface area contributed by atoms with Gasteiger partial charge in [0.05, 0.1) is 0 Å². The van der Waals surface area contributed by atoms with Crippen LogP contribution < -0.4 is 0 Å². The van der Waals surface area contributed by atoms with E-state index in [1.54, 1.807) is 6.92 Å². The number of rotatable bonds is 5. The van der Waals surface area contributed by atoms with Gasteiger partial charge in [-0.1, -0.05) is 12.2 Å². The van der Waals surface area contributed by atoms with Crippen molar-refractivity contribution < 1.29 is 18.3 Å². The van der Waals surface area contributed by atoms with Crippen LogP contribution in [-0.4, -0.2) is 47.6 Å². The molecule has 0 bridgehead atoms. The van der Waals surface area contributed by atoms with E-state index < -0.39 is 21.0 Å². The van der Waals surface area contributed by atoms with Gasteiger partial charge in [0.25, 0.3) is 10.0 Å². The zero-order chi connectivity index (χ0) is 14.1. The lowest BCUT2D eigenvalue weighted by Gasteiger charge is -2.15. The van der Waals surface area contributed by atoms with Gasteiger partial charge in [-0.25, -0.2) is 13.2 Å². The number of carbonyl (C=O) groups is 1. The van der Waals surface area contributed by atoms with Gasteiger partial charge in [0.15, 0.2) is 0 Å². The lowest BCUT2D eigenvalue weighted by atomic mass is 10.3. The van der Waals surface area contributed by atoms with Crippen LogP contribution in [0.1, 0.15) is 23.0 Å². The Bertz CT molecular complexity index is 588. The number of nitrogens with zero attached hydrogens (tertiary/aromatic N) is 2. The summed E-state index contributed by atoms with van der Waals surface area (Å²) in [5.74, 6) is -1.33. The predicted molar refractivity (Wildman–Crippen MR) is 64.9 cm³/mol. The molecule has 0 fully saturated rings. The van der Waals surface area contributed by atoms with E-state index in [2.05, 4.69) is 16.8 Å². The number of aromatic amines is 1. The van der Waals surface area contributed by atoms with E-state index in [4.69, 9.17) is 5.11 Å². The number of nitrogens with one attached hydrogen (secondary N) is 1. The van der Waals surface area contributed by atoms with E-state index in [9.17, 15) is 13.2 Å². The number of carboxylic acids is 1.